The van der Waals surface area contributed by atoms with E-state index in [-0.39, 0.29) is 35.3 Å². The van der Waals surface area contributed by atoms with Crippen molar-refractivity contribution in [2.75, 3.05) is 0 Å². The minimum atomic E-state index is -4.57. The van der Waals surface area contributed by atoms with Crippen LogP contribution in [0, 0.1) is 0 Å². The van der Waals surface area contributed by atoms with Gasteiger partial charge in [-0.25, -0.2) is 0 Å². The molecule has 2 aromatic carbocycles. The minimum absolute atomic E-state index is 0. The molecule has 2 aromatic rings. The zero-order valence-corrected chi connectivity index (χ0v) is 22.3. The summed E-state index contributed by atoms with van der Waals surface area (Å²) >= 11 is 0. The summed E-state index contributed by atoms with van der Waals surface area (Å²) in [7, 11) is -4.57. The Morgan fingerprint density at radius 2 is 1.34 bits per heavy atom. The van der Waals surface area contributed by atoms with Crippen molar-refractivity contribution in [2.24, 2.45) is 0 Å². The number of hydrogen-bond acceptors (Lipinski definition) is 4. The quantitative estimate of drug-likeness (QED) is 0.244. The van der Waals surface area contributed by atoms with Crippen molar-refractivity contribution in [2.45, 2.75) is 88.9 Å². The van der Waals surface area contributed by atoms with Gasteiger partial charge in [0.1, 0.15) is 11.5 Å². The van der Waals surface area contributed by atoms with Crippen LogP contribution in [0.4, 0.5) is 0 Å². The van der Waals surface area contributed by atoms with Gasteiger partial charge in [0.25, 0.3) is 10.1 Å². The molecule has 172 valence electrons. The number of hydrogen-bond donors (Lipinski definition) is 1. The minimum Gasteiger partial charge on any atom is -0.869 e. The second-order valence-electron chi connectivity index (χ2n) is 8.09. The van der Waals surface area contributed by atoms with E-state index in [1.54, 1.807) is 12.1 Å². The second kappa shape index (κ2) is 15.7. The van der Waals surface area contributed by atoms with Gasteiger partial charge in [0.15, 0.2) is 0 Å². The topological polar surface area (TPSA) is 86.7 Å². The standard InChI is InChI=1S/C25H36O5S.Na/c1-2-3-4-5-6-7-8-9-10-11-12-14-21-17-19-22(20-18-21)30-23-15-13-16-24(25(23)26)31(27,28)29;/h13,15-20,26H,2-12,14H2,1H3,(H,27,28,29);/q;+1/p-1. The zero-order valence-electron chi connectivity index (χ0n) is 19.5. The molecule has 0 radical (unpaired) electrons. The number of rotatable bonds is 15. The predicted octanol–water partition coefficient (Wildman–Crippen LogP) is 3.66. The largest absolute Gasteiger partial charge is 1.00 e. The van der Waals surface area contributed by atoms with Crippen LogP contribution in [0.5, 0.6) is 17.2 Å². The van der Waals surface area contributed by atoms with E-state index in [1.165, 1.54) is 81.9 Å². The molecule has 0 bridgehead atoms. The molecule has 0 heterocycles. The average Bonchev–Trinajstić information content (AvgIpc) is 2.74. The van der Waals surface area contributed by atoms with Crippen LogP contribution in [0.1, 0.15) is 83.1 Å². The van der Waals surface area contributed by atoms with Crippen molar-refractivity contribution in [3.8, 4) is 17.2 Å². The summed E-state index contributed by atoms with van der Waals surface area (Å²) in [5, 5.41) is 12.2. The number of para-hydroxylation sites is 1. The Bertz CT molecular complexity index is 882. The molecule has 0 aliphatic carbocycles. The second-order valence-corrected chi connectivity index (χ2v) is 9.48. The number of ether oxygens (including phenoxy) is 1. The van der Waals surface area contributed by atoms with E-state index in [0.29, 0.717) is 5.75 Å². The molecular weight excluding hydrogens is 435 g/mol. The summed E-state index contributed by atoms with van der Waals surface area (Å²) < 4.78 is 37.1. The maximum absolute atomic E-state index is 12.2. The molecule has 0 atom stereocenters. The fraction of sp³-hybridized carbons (Fsp3) is 0.520. The molecule has 0 unspecified atom stereocenters. The molecule has 2 rings (SSSR count). The molecule has 0 amide bonds. The molecule has 1 N–H and O–H groups in total. The van der Waals surface area contributed by atoms with Crippen molar-refractivity contribution < 1.29 is 52.4 Å². The van der Waals surface area contributed by atoms with Gasteiger partial charge in [-0.2, -0.15) is 8.42 Å². The van der Waals surface area contributed by atoms with Crippen LogP contribution in [-0.4, -0.2) is 13.0 Å². The molecule has 7 heteroatoms. The van der Waals surface area contributed by atoms with Crippen molar-refractivity contribution in [1.29, 1.82) is 0 Å². The first-order valence-electron chi connectivity index (χ1n) is 11.5. The third-order valence-electron chi connectivity index (χ3n) is 5.44. The molecule has 0 saturated heterocycles. The zero-order chi connectivity index (χ0) is 22.5. The van der Waals surface area contributed by atoms with Gasteiger partial charge in [-0.3, -0.25) is 4.55 Å². The van der Waals surface area contributed by atoms with E-state index < -0.39 is 20.8 Å². The summed E-state index contributed by atoms with van der Waals surface area (Å²) in [5.74, 6) is -0.532. The molecule has 0 aliphatic rings. The molecule has 0 aromatic heterocycles. The van der Waals surface area contributed by atoms with E-state index in [2.05, 4.69) is 6.92 Å². The molecule has 5 nitrogen and oxygen atoms in total. The van der Waals surface area contributed by atoms with E-state index in [1.807, 2.05) is 12.1 Å². The summed E-state index contributed by atoms with van der Waals surface area (Å²) in [6.07, 6.45) is 15.5. The summed E-state index contributed by atoms with van der Waals surface area (Å²) in [5.41, 5.74) is 1.21. The van der Waals surface area contributed by atoms with Crippen LogP contribution in [0.25, 0.3) is 0 Å². The van der Waals surface area contributed by atoms with Crippen LogP contribution in [-0.2, 0) is 16.5 Å². The molecule has 0 aliphatic heterocycles. The molecule has 0 fully saturated rings. The number of benzene rings is 2. The first kappa shape index (κ1) is 29.0. The van der Waals surface area contributed by atoms with E-state index in [0.717, 1.165) is 18.9 Å². The average molecular weight is 471 g/mol. The van der Waals surface area contributed by atoms with Gasteiger partial charge in [-0.15, -0.1) is 0 Å². The van der Waals surface area contributed by atoms with Crippen LogP contribution >= 0.6 is 0 Å². The monoisotopic (exact) mass is 470 g/mol. The van der Waals surface area contributed by atoms with E-state index >= 15 is 0 Å². The Morgan fingerprint density at radius 3 is 1.88 bits per heavy atom. The smallest absolute Gasteiger partial charge is 0.869 e. The first-order chi connectivity index (χ1) is 14.9. The summed E-state index contributed by atoms with van der Waals surface area (Å²) in [6, 6.07) is 11.3. The van der Waals surface area contributed by atoms with Crippen molar-refractivity contribution in [3.63, 3.8) is 0 Å². The molecular formula is C25H35NaO5S. The predicted molar refractivity (Wildman–Crippen MR) is 122 cm³/mol. The SMILES string of the molecule is CCCCCCCCCCCCCc1ccc(Oc2cccc(S(=O)(=O)O)c2[O-])cc1.[Na+]. The third kappa shape index (κ3) is 10.7. The van der Waals surface area contributed by atoms with Gasteiger partial charge in [-0.05, 0) is 48.4 Å². The maximum Gasteiger partial charge on any atom is 1.00 e. The van der Waals surface area contributed by atoms with Crippen molar-refractivity contribution in [1.82, 2.24) is 0 Å². The van der Waals surface area contributed by atoms with E-state index in [9.17, 15) is 13.5 Å². The van der Waals surface area contributed by atoms with Crippen LogP contribution < -0.4 is 39.4 Å². The Labute approximate surface area is 215 Å². The molecule has 0 saturated carbocycles. The molecule has 32 heavy (non-hydrogen) atoms. The Morgan fingerprint density at radius 1 is 0.812 bits per heavy atom. The van der Waals surface area contributed by atoms with Gasteiger partial charge < -0.3 is 9.84 Å². The number of unbranched alkanes of at least 4 members (excludes halogenated alkanes) is 10. The van der Waals surface area contributed by atoms with Gasteiger partial charge in [0.2, 0.25) is 0 Å². The van der Waals surface area contributed by atoms with Gasteiger partial charge in [0, 0.05) is 0 Å². The van der Waals surface area contributed by atoms with Gasteiger partial charge in [-0.1, -0.05) is 89.3 Å². The fourth-order valence-corrected chi connectivity index (χ4v) is 4.21. The maximum atomic E-state index is 12.2. The van der Waals surface area contributed by atoms with Crippen molar-refractivity contribution >= 4 is 10.1 Å². The summed E-state index contributed by atoms with van der Waals surface area (Å²) in [4.78, 5) is -0.682. The molecule has 0 spiro atoms. The van der Waals surface area contributed by atoms with Crippen LogP contribution in [0.15, 0.2) is 47.4 Å². The number of aryl methyl sites for hydroxylation is 1. The Hall–Kier alpha value is -1.05. The van der Waals surface area contributed by atoms with Gasteiger partial charge >= 0.3 is 29.6 Å². The Kier molecular flexibility index (Phi) is 14.2. The Balaban J connectivity index is 0.00000512. The van der Waals surface area contributed by atoms with E-state index in [4.69, 9.17) is 9.29 Å². The van der Waals surface area contributed by atoms with Crippen LogP contribution in [0.2, 0.25) is 0 Å². The van der Waals surface area contributed by atoms with Crippen LogP contribution in [0.3, 0.4) is 0 Å². The van der Waals surface area contributed by atoms with Crippen molar-refractivity contribution in [3.05, 3.63) is 48.0 Å². The first-order valence-corrected chi connectivity index (χ1v) is 12.9. The third-order valence-corrected chi connectivity index (χ3v) is 6.32. The van der Waals surface area contributed by atoms with Gasteiger partial charge in [0.05, 0.1) is 4.90 Å². The fourth-order valence-electron chi connectivity index (χ4n) is 3.62. The normalized spacial score (nSPS) is 11.2. The summed E-state index contributed by atoms with van der Waals surface area (Å²) in [6.45, 7) is 2.25.